The minimum atomic E-state index is -0.580. The first-order valence-corrected chi connectivity index (χ1v) is 6.51. The minimum absolute atomic E-state index is 0.0150. The lowest BCUT2D eigenvalue weighted by atomic mass is 10.1. The van der Waals surface area contributed by atoms with E-state index in [9.17, 15) is 14.7 Å². The molecule has 0 saturated carbocycles. The molecular formula is C16H12O6. The number of furan rings is 1. The van der Waals surface area contributed by atoms with E-state index in [1.54, 1.807) is 13.0 Å². The number of aryl methyl sites for hydroxylation is 1. The van der Waals surface area contributed by atoms with Crippen LogP contribution in [0.4, 0.5) is 0 Å². The molecule has 2 heterocycles. The van der Waals surface area contributed by atoms with Gasteiger partial charge in [0, 0.05) is 23.1 Å². The summed E-state index contributed by atoms with van der Waals surface area (Å²) in [5.74, 6) is -0.0856. The molecule has 6 heteroatoms. The lowest BCUT2D eigenvalue weighted by Gasteiger charge is -2.07. The zero-order valence-corrected chi connectivity index (χ0v) is 11.7. The predicted molar refractivity (Wildman–Crippen MR) is 76.7 cm³/mol. The Morgan fingerprint density at radius 2 is 2.09 bits per heavy atom. The largest absolute Gasteiger partial charge is 0.508 e. The van der Waals surface area contributed by atoms with Gasteiger partial charge < -0.3 is 18.7 Å². The number of rotatable bonds is 3. The molecule has 112 valence electrons. The number of esters is 1. The summed E-state index contributed by atoms with van der Waals surface area (Å²) in [6.45, 7) is 1.57. The fraction of sp³-hybridized carbons (Fsp3) is 0.125. The number of fused-ring (bicyclic) bond motifs is 1. The van der Waals surface area contributed by atoms with Crippen molar-refractivity contribution in [3.8, 4) is 5.75 Å². The first kappa shape index (κ1) is 13.9. The lowest BCUT2D eigenvalue weighted by Crippen LogP contribution is -2.08. The van der Waals surface area contributed by atoms with Crippen molar-refractivity contribution in [2.45, 2.75) is 13.5 Å². The van der Waals surface area contributed by atoms with Crippen LogP contribution in [0.2, 0.25) is 0 Å². The number of hydrogen-bond acceptors (Lipinski definition) is 6. The molecule has 6 nitrogen and oxygen atoms in total. The van der Waals surface area contributed by atoms with E-state index in [1.807, 2.05) is 0 Å². The SMILES string of the molecule is Cc1occc1C(=O)OCc1cc(=O)oc2cc(O)ccc12. The maximum Gasteiger partial charge on any atom is 0.342 e. The summed E-state index contributed by atoms with van der Waals surface area (Å²) in [4.78, 5) is 23.5. The van der Waals surface area contributed by atoms with Gasteiger partial charge in [-0.1, -0.05) is 0 Å². The van der Waals surface area contributed by atoms with Gasteiger partial charge in [0.05, 0.1) is 6.26 Å². The minimum Gasteiger partial charge on any atom is -0.508 e. The van der Waals surface area contributed by atoms with Gasteiger partial charge in [0.15, 0.2) is 0 Å². The van der Waals surface area contributed by atoms with Crippen LogP contribution in [0.15, 0.2) is 50.2 Å². The Bertz CT molecular complexity index is 902. The van der Waals surface area contributed by atoms with Crippen molar-refractivity contribution in [2.75, 3.05) is 0 Å². The van der Waals surface area contributed by atoms with Gasteiger partial charge in [-0.25, -0.2) is 9.59 Å². The molecular weight excluding hydrogens is 288 g/mol. The van der Waals surface area contributed by atoms with Crippen molar-refractivity contribution in [1.82, 2.24) is 0 Å². The summed E-state index contributed by atoms with van der Waals surface area (Å²) in [6.07, 6.45) is 1.40. The molecule has 2 aromatic heterocycles. The maximum absolute atomic E-state index is 12.0. The first-order valence-electron chi connectivity index (χ1n) is 6.51. The molecule has 0 saturated heterocycles. The third-order valence-corrected chi connectivity index (χ3v) is 3.25. The molecule has 0 aliphatic rings. The van der Waals surface area contributed by atoms with Crippen molar-refractivity contribution in [3.63, 3.8) is 0 Å². The second-order valence-electron chi connectivity index (χ2n) is 4.74. The molecule has 0 aliphatic heterocycles. The molecule has 22 heavy (non-hydrogen) atoms. The van der Waals surface area contributed by atoms with Crippen LogP contribution in [-0.2, 0) is 11.3 Å². The van der Waals surface area contributed by atoms with Crippen LogP contribution in [-0.4, -0.2) is 11.1 Å². The van der Waals surface area contributed by atoms with E-state index < -0.39 is 11.6 Å². The number of aromatic hydroxyl groups is 1. The number of ether oxygens (including phenoxy) is 1. The van der Waals surface area contributed by atoms with Crippen molar-refractivity contribution in [3.05, 3.63) is 63.9 Å². The molecule has 3 aromatic rings. The molecule has 0 fully saturated rings. The molecule has 0 amide bonds. The number of phenols is 1. The molecule has 1 aromatic carbocycles. The number of carbonyl (C=O) groups is 1. The quantitative estimate of drug-likeness (QED) is 0.591. The van der Waals surface area contributed by atoms with E-state index in [0.717, 1.165) is 0 Å². The Hall–Kier alpha value is -3.02. The molecule has 0 unspecified atom stereocenters. The molecule has 0 aliphatic carbocycles. The van der Waals surface area contributed by atoms with Crippen LogP contribution in [0.5, 0.6) is 5.75 Å². The zero-order chi connectivity index (χ0) is 15.7. The van der Waals surface area contributed by atoms with Crippen LogP contribution >= 0.6 is 0 Å². The van der Waals surface area contributed by atoms with E-state index in [-0.39, 0.29) is 17.9 Å². The van der Waals surface area contributed by atoms with Gasteiger partial charge in [0.25, 0.3) is 0 Å². The van der Waals surface area contributed by atoms with Crippen LogP contribution in [0.1, 0.15) is 21.7 Å². The van der Waals surface area contributed by atoms with E-state index in [4.69, 9.17) is 13.6 Å². The van der Waals surface area contributed by atoms with E-state index in [0.29, 0.717) is 22.3 Å². The lowest BCUT2D eigenvalue weighted by molar-refractivity contribution is 0.0472. The summed E-state index contributed by atoms with van der Waals surface area (Å²) < 4.78 is 15.3. The average Bonchev–Trinajstić information content (AvgIpc) is 2.90. The van der Waals surface area contributed by atoms with Gasteiger partial charge in [-0.05, 0) is 25.1 Å². The summed E-state index contributed by atoms with van der Waals surface area (Å²) in [7, 11) is 0. The van der Waals surface area contributed by atoms with Gasteiger partial charge >= 0.3 is 11.6 Å². The van der Waals surface area contributed by atoms with Crippen LogP contribution in [0.3, 0.4) is 0 Å². The Kier molecular flexibility index (Phi) is 3.42. The van der Waals surface area contributed by atoms with Crippen LogP contribution in [0, 0.1) is 6.92 Å². The number of carbonyl (C=O) groups excluding carboxylic acids is 1. The van der Waals surface area contributed by atoms with Gasteiger partial charge in [0.1, 0.15) is 29.3 Å². The molecule has 1 N–H and O–H groups in total. The second-order valence-corrected chi connectivity index (χ2v) is 4.74. The summed E-state index contributed by atoms with van der Waals surface area (Å²) >= 11 is 0. The Balaban J connectivity index is 1.89. The highest BCUT2D eigenvalue weighted by Gasteiger charge is 2.14. The van der Waals surface area contributed by atoms with Crippen molar-refractivity contribution < 1.29 is 23.5 Å². The maximum atomic E-state index is 12.0. The Morgan fingerprint density at radius 1 is 1.27 bits per heavy atom. The Morgan fingerprint density at radius 3 is 2.82 bits per heavy atom. The zero-order valence-electron chi connectivity index (χ0n) is 11.7. The van der Waals surface area contributed by atoms with Crippen LogP contribution in [0.25, 0.3) is 11.0 Å². The average molecular weight is 300 g/mol. The predicted octanol–water partition coefficient (Wildman–Crippen LogP) is 2.76. The summed E-state index contributed by atoms with van der Waals surface area (Å²) in [6, 6.07) is 7.18. The molecule has 0 radical (unpaired) electrons. The normalized spacial score (nSPS) is 10.8. The smallest absolute Gasteiger partial charge is 0.342 e. The summed E-state index contributed by atoms with van der Waals surface area (Å²) in [5.41, 5.74) is 0.493. The third kappa shape index (κ3) is 2.58. The highest BCUT2D eigenvalue weighted by Crippen LogP contribution is 2.22. The molecule has 3 rings (SSSR count). The van der Waals surface area contributed by atoms with E-state index in [1.165, 1.54) is 30.5 Å². The number of benzene rings is 1. The Labute approximate surface area is 124 Å². The standard InChI is InChI=1S/C16H12O6/c1-9-12(4-5-20-9)16(19)21-8-10-6-15(18)22-14-7-11(17)2-3-13(10)14/h2-7,17H,8H2,1H3. The van der Waals surface area contributed by atoms with Gasteiger partial charge in [-0.15, -0.1) is 0 Å². The molecule has 0 bridgehead atoms. The summed E-state index contributed by atoms with van der Waals surface area (Å²) in [5, 5.41) is 10.0. The second kappa shape index (κ2) is 5.40. The van der Waals surface area contributed by atoms with Crippen molar-refractivity contribution in [2.24, 2.45) is 0 Å². The number of hydrogen-bond donors (Lipinski definition) is 1. The topological polar surface area (TPSA) is 89.9 Å². The van der Waals surface area contributed by atoms with Gasteiger partial charge in [-0.2, -0.15) is 0 Å². The third-order valence-electron chi connectivity index (χ3n) is 3.25. The van der Waals surface area contributed by atoms with Gasteiger partial charge in [0.2, 0.25) is 0 Å². The molecule has 0 atom stereocenters. The van der Waals surface area contributed by atoms with Gasteiger partial charge in [-0.3, -0.25) is 0 Å². The fourth-order valence-electron chi connectivity index (χ4n) is 2.16. The molecule has 0 spiro atoms. The van der Waals surface area contributed by atoms with E-state index in [2.05, 4.69) is 0 Å². The van der Waals surface area contributed by atoms with E-state index >= 15 is 0 Å². The van der Waals surface area contributed by atoms with Crippen LogP contribution < -0.4 is 5.63 Å². The first-order chi connectivity index (χ1) is 10.5. The van der Waals surface area contributed by atoms with Crippen molar-refractivity contribution in [1.29, 1.82) is 0 Å². The monoisotopic (exact) mass is 300 g/mol. The number of phenolic OH excluding ortho intramolecular Hbond substituents is 1. The highest BCUT2D eigenvalue weighted by molar-refractivity contribution is 5.90. The fourth-order valence-corrected chi connectivity index (χ4v) is 2.16. The highest BCUT2D eigenvalue weighted by atomic mass is 16.5. The van der Waals surface area contributed by atoms with Crippen molar-refractivity contribution >= 4 is 16.9 Å².